The number of rotatable bonds is 8. The highest BCUT2D eigenvalue weighted by atomic mass is 16.6. The molecule has 0 saturated heterocycles. The van der Waals surface area contributed by atoms with Gasteiger partial charge in [-0.3, -0.25) is 4.79 Å². The number of carbonyl (C=O) groups is 2. The number of amides is 1. The van der Waals surface area contributed by atoms with Crippen LogP contribution in [0.15, 0.2) is 59.2 Å². The predicted octanol–water partition coefficient (Wildman–Crippen LogP) is 4.62. The summed E-state index contributed by atoms with van der Waals surface area (Å²) in [5.74, 6) is -0.357. The predicted molar refractivity (Wildman–Crippen MR) is 121 cm³/mol. The van der Waals surface area contributed by atoms with Gasteiger partial charge in [0.1, 0.15) is 0 Å². The lowest BCUT2D eigenvalue weighted by Crippen LogP contribution is -2.24. The van der Waals surface area contributed by atoms with E-state index in [4.69, 9.17) is 4.74 Å². The number of nitrogens with one attached hydrogen (secondary N) is 1. The molecular formula is C24H27N3O3. The second-order valence-electron chi connectivity index (χ2n) is 7.17. The van der Waals surface area contributed by atoms with Gasteiger partial charge in [-0.15, -0.1) is 0 Å². The van der Waals surface area contributed by atoms with E-state index < -0.39 is 5.97 Å². The van der Waals surface area contributed by atoms with Crippen molar-refractivity contribution in [2.75, 3.05) is 23.3 Å². The van der Waals surface area contributed by atoms with Crippen molar-refractivity contribution in [2.24, 2.45) is 4.99 Å². The first-order valence-corrected chi connectivity index (χ1v) is 10.3. The summed E-state index contributed by atoms with van der Waals surface area (Å²) in [5, 5.41) is 2.70. The van der Waals surface area contributed by atoms with E-state index in [1.165, 1.54) is 12.6 Å². The average Bonchev–Trinajstić information content (AvgIpc) is 3.09. The molecular weight excluding hydrogens is 378 g/mol. The number of nitrogens with zero attached hydrogens (tertiary/aromatic N) is 2. The molecule has 2 aromatic rings. The van der Waals surface area contributed by atoms with Crippen LogP contribution in [0.5, 0.6) is 0 Å². The minimum absolute atomic E-state index is 0.142. The van der Waals surface area contributed by atoms with Gasteiger partial charge in [-0.25, -0.2) is 9.79 Å². The lowest BCUT2D eigenvalue weighted by Gasteiger charge is -2.23. The number of benzene rings is 2. The Hall–Kier alpha value is -3.41. The molecule has 0 spiro atoms. The maximum atomic E-state index is 12.2. The fraction of sp³-hybridized carbons (Fsp3) is 0.292. The van der Waals surface area contributed by atoms with E-state index in [2.05, 4.69) is 41.2 Å². The molecule has 1 heterocycles. The summed E-state index contributed by atoms with van der Waals surface area (Å²) in [4.78, 5) is 30.1. The zero-order valence-electron chi connectivity index (χ0n) is 17.6. The maximum Gasteiger partial charge on any atom is 0.363 e. The number of hydrogen-bond acceptors (Lipinski definition) is 5. The lowest BCUT2D eigenvalue weighted by atomic mass is 10.1. The fourth-order valence-electron chi connectivity index (χ4n) is 3.28. The smallest absolute Gasteiger partial charge is 0.363 e. The highest BCUT2D eigenvalue weighted by molar-refractivity contribution is 6.13. The molecule has 156 valence electrons. The van der Waals surface area contributed by atoms with E-state index in [-0.39, 0.29) is 17.5 Å². The van der Waals surface area contributed by atoms with Crippen LogP contribution in [0.3, 0.4) is 0 Å². The summed E-state index contributed by atoms with van der Waals surface area (Å²) < 4.78 is 5.33. The van der Waals surface area contributed by atoms with Gasteiger partial charge in [-0.1, -0.05) is 26.0 Å². The van der Waals surface area contributed by atoms with Crippen LogP contribution in [-0.2, 0) is 14.3 Å². The van der Waals surface area contributed by atoms with Crippen molar-refractivity contribution in [3.8, 4) is 0 Å². The minimum atomic E-state index is -0.474. The molecule has 6 nitrogen and oxygen atoms in total. The molecule has 0 atom stereocenters. The zero-order valence-corrected chi connectivity index (χ0v) is 17.6. The number of aliphatic imine (C=N–C) groups is 1. The van der Waals surface area contributed by atoms with E-state index in [1.807, 2.05) is 12.1 Å². The van der Waals surface area contributed by atoms with Crippen molar-refractivity contribution in [3.63, 3.8) is 0 Å². The van der Waals surface area contributed by atoms with Crippen LogP contribution in [-0.4, -0.2) is 30.9 Å². The molecule has 6 heteroatoms. The second kappa shape index (κ2) is 9.87. The number of ether oxygens (including phenoxy) is 1. The Morgan fingerprint density at radius 1 is 1.03 bits per heavy atom. The molecule has 0 unspecified atom stereocenters. The molecule has 0 bridgehead atoms. The quantitative estimate of drug-likeness (QED) is 0.514. The van der Waals surface area contributed by atoms with Crippen LogP contribution in [0, 0.1) is 0 Å². The Balaban J connectivity index is 1.76. The van der Waals surface area contributed by atoms with E-state index in [0.717, 1.165) is 31.5 Å². The molecule has 1 aliphatic heterocycles. The Bertz CT molecular complexity index is 954. The molecule has 0 aromatic heterocycles. The Morgan fingerprint density at radius 2 is 1.67 bits per heavy atom. The molecule has 1 N–H and O–H groups in total. The average molecular weight is 405 g/mol. The molecule has 0 fully saturated rings. The van der Waals surface area contributed by atoms with Gasteiger partial charge in [-0.05, 0) is 60.9 Å². The second-order valence-corrected chi connectivity index (χ2v) is 7.17. The molecule has 3 rings (SSSR count). The number of carbonyl (C=O) groups excluding carboxylic acids is 2. The summed E-state index contributed by atoms with van der Waals surface area (Å²) in [6, 6.07) is 15.1. The summed E-state index contributed by atoms with van der Waals surface area (Å²) in [6.45, 7) is 7.85. The first-order valence-electron chi connectivity index (χ1n) is 10.3. The molecule has 30 heavy (non-hydrogen) atoms. The van der Waals surface area contributed by atoms with Crippen molar-refractivity contribution in [1.82, 2.24) is 0 Å². The maximum absolute atomic E-state index is 12.2. The minimum Gasteiger partial charge on any atom is -0.402 e. The molecule has 2 aromatic carbocycles. The Labute approximate surface area is 177 Å². The van der Waals surface area contributed by atoms with Gasteiger partial charge in [0.25, 0.3) is 0 Å². The topological polar surface area (TPSA) is 71.0 Å². The molecule has 0 aliphatic carbocycles. The summed E-state index contributed by atoms with van der Waals surface area (Å²) in [7, 11) is 0. The van der Waals surface area contributed by atoms with Crippen LogP contribution in [0.25, 0.3) is 6.08 Å². The standard InChI is InChI=1S/C24H27N3O3/c1-4-14-27(15-5-2)21-12-6-18(7-13-21)16-22-24(29)30-23(26-22)19-8-10-20(11-9-19)25-17(3)28/h6-13,16H,4-5,14-15H2,1-3H3,(H,25,28)/b22-16-. The van der Waals surface area contributed by atoms with Gasteiger partial charge in [-0.2, -0.15) is 0 Å². The first-order chi connectivity index (χ1) is 14.5. The van der Waals surface area contributed by atoms with E-state index in [9.17, 15) is 9.59 Å². The number of anilines is 2. The van der Waals surface area contributed by atoms with Crippen molar-refractivity contribution in [1.29, 1.82) is 0 Å². The van der Waals surface area contributed by atoms with Gasteiger partial charge >= 0.3 is 5.97 Å². The Morgan fingerprint density at radius 3 is 2.23 bits per heavy atom. The fourth-order valence-corrected chi connectivity index (χ4v) is 3.28. The van der Waals surface area contributed by atoms with Gasteiger partial charge in [0.2, 0.25) is 11.8 Å². The molecule has 1 aliphatic rings. The zero-order chi connectivity index (χ0) is 21.5. The van der Waals surface area contributed by atoms with Crippen molar-refractivity contribution >= 4 is 35.2 Å². The largest absolute Gasteiger partial charge is 0.402 e. The number of esters is 1. The third-order valence-corrected chi connectivity index (χ3v) is 4.62. The van der Waals surface area contributed by atoms with Crippen LogP contribution in [0.2, 0.25) is 0 Å². The van der Waals surface area contributed by atoms with E-state index in [1.54, 1.807) is 30.3 Å². The van der Waals surface area contributed by atoms with Crippen molar-refractivity contribution in [2.45, 2.75) is 33.6 Å². The normalized spacial score (nSPS) is 14.4. The third kappa shape index (κ3) is 5.35. The lowest BCUT2D eigenvalue weighted by molar-refractivity contribution is -0.129. The highest BCUT2D eigenvalue weighted by Gasteiger charge is 2.24. The molecule has 0 radical (unpaired) electrons. The van der Waals surface area contributed by atoms with Crippen LogP contribution in [0.1, 0.15) is 44.7 Å². The number of cyclic esters (lactones) is 1. The van der Waals surface area contributed by atoms with Crippen molar-refractivity contribution in [3.05, 3.63) is 65.4 Å². The Kier molecular flexibility index (Phi) is 7.01. The highest BCUT2D eigenvalue weighted by Crippen LogP contribution is 2.22. The van der Waals surface area contributed by atoms with Crippen LogP contribution in [0.4, 0.5) is 11.4 Å². The first kappa shape index (κ1) is 21.3. The number of hydrogen-bond donors (Lipinski definition) is 1. The SMILES string of the molecule is CCCN(CCC)c1ccc(/C=C2\N=C(c3ccc(NC(C)=O)cc3)OC2=O)cc1. The molecule has 1 amide bonds. The van der Waals surface area contributed by atoms with Gasteiger partial charge < -0.3 is 15.0 Å². The van der Waals surface area contributed by atoms with Crippen LogP contribution >= 0.6 is 0 Å². The summed E-state index contributed by atoms with van der Waals surface area (Å²) in [5.41, 5.74) is 3.68. The third-order valence-electron chi connectivity index (χ3n) is 4.62. The van der Waals surface area contributed by atoms with Gasteiger partial charge in [0.05, 0.1) is 0 Å². The monoisotopic (exact) mass is 405 g/mol. The summed E-state index contributed by atoms with van der Waals surface area (Å²) in [6.07, 6.45) is 3.93. The van der Waals surface area contributed by atoms with Gasteiger partial charge in [0.15, 0.2) is 5.70 Å². The van der Waals surface area contributed by atoms with E-state index in [0.29, 0.717) is 11.3 Å². The van der Waals surface area contributed by atoms with Crippen LogP contribution < -0.4 is 10.2 Å². The van der Waals surface area contributed by atoms with Crippen molar-refractivity contribution < 1.29 is 14.3 Å². The molecule has 0 saturated carbocycles. The van der Waals surface area contributed by atoms with Gasteiger partial charge in [0, 0.05) is 37.0 Å². The summed E-state index contributed by atoms with van der Waals surface area (Å²) >= 11 is 0. The van der Waals surface area contributed by atoms with E-state index >= 15 is 0 Å².